The Morgan fingerprint density at radius 2 is 2.00 bits per heavy atom. The van der Waals surface area contributed by atoms with E-state index in [9.17, 15) is 13.2 Å². The van der Waals surface area contributed by atoms with Crippen molar-refractivity contribution in [3.8, 4) is 0 Å². The molecule has 1 amide bonds. The molecule has 2 atom stereocenters. The molecule has 1 fully saturated rings. The van der Waals surface area contributed by atoms with Crippen molar-refractivity contribution in [3.05, 3.63) is 35.9 Å². The van der Waals surface area contributed by atoms with E-state index in [1.165, 1.54) is 0 Å². The molecular weight excluding hydrogens is 328 g/mol. The second kappa shape index (κ2) is 8.60. The van der Waals surface area contributed by atoms with E-state index in [0.29, 0.717) is 19.7 Å². The topological polar surface area (TPSA) is 75.7 Å². The third-order valence-corrected chi connectivity index (χ3v) is 4.89. The first-order valence-corrected chi connectivity index (χ1v) is 10.1. The minimum absolute atomic E-state index is 0.0132. The molecule has 0 saturated carbocycles. The molecule has 0 aliphatic carbocycles. The third-order valence-electron chi connectivity index (χ3n) is 4.16. The summed E-state index contributed by atoms with van der Waals surface area (Å²) in [5.74, 6) is 0.0626. The molecule has 0 bridgehead atoms. The van der Waals surface area contributed by atoms with Crippen molar-refractivity contribution in [2.75, 3.05) is 26.0 Å². The van der Waals surface area contributed by atoms with E-state index < -0.39 is 10.0 Å². The summed E-state index contributed by atoms with van der Waals surface area (Å²) in [5.41, 5.74) is 1.02. The Morgan fingerprint density at radius 1 is 1.29 bits per heavy atom. The van der Waals surface area contributed by atoms with Gasteiger partial charge in [-0.25, -0.2) is 13.1 Å². The SMILES string of the molecule is CCC[C@H]1CN(C(=O)COCc2ccccc2)C[C@@H]1NS(C)(=O)=O. The second-order valence-electron chi connectivity index (χ2n) is 6.32. The fourth-order valence-electron chi connectivity index (χ4n) is 3.07. The molecular formula is C17H26N2O4S. The third kappa shape index (κ3) is 5.89. The smallest absolute Gasteiger partial charge is 0.248 e. The van der Waals surface area contributed by atoms with Gasteiger partial charge in [-0.05, 0) is 17.9 Å². The van der Waals surface area contributed by atoms with Crippen molar-refractivity contribution < 1.29 is 17.9 Å². The van der Waals surface area contributed by atoms with Crippen LogP contribution in [0, 0.1) is 5.92 Å². The number of nitrogens with one attached hydrogen (secondary N) is 1. The maximum absolute atomic E-state index is 12.3. The summed E-state index contributed by atoms with van der Waals surface area (Å²) in [6, 6.07) is 9.47. The minimum Gasteiger partial charge on any atom is -0.367 e. The summed E-state index contributed by atoms with van der Waals surface area (Å²) in [5, 5.41) is 0. The van der Waals surface area contributed by atoms with Gasteiger partial charge in [0.05, 0.1) is 12.9 Å². The van der Waals surface area contributed by atoms with Gasteiger partial charge in [0.1, 0.15) is 6.61 Å². The lowest BCUT2D eigenvalue weighted by molar-refractivity contribution is -0.135. The van der Waals surface area contributed by atoms with Crippen LogP contribution in [0.15, 0.2) is 30.3 Å². The molecule has 1 N–H and O–H groups in total. The number of hydrogen-bond donors (Lipinski definition) is 1. The molecule has 134 valence electrons. The zero-order valence-electron chi connectivity index (χ0n) is 14.3. The molecule has 1 saturated heterocycles. The van der Waals surface area contributed by atoms with E-state index in [4.69, 9.17) is 4.74 Å². The summed E-state index contributed by atoms with van der Waals surface area (Å²) in [6.45, 7) is 3.45. The first kappa shape index (κ1) is 18.9. The van der Waals surface area contributed by atoms with Gasteiger partial charge >= 0.3 is 0 Å². The van der Waals surface area contributed by atoms with Crippen molar-refractivity contribution >= 4 is 15.9 Å². The van der Waals surface area contributed by atoms with Gasteiger partial charge in [0.2, 0.25) is 15.9 Å². The van der Waals surface area contributed by atoms with Gasteiger partial charge in [0, 0.05) is 19.1 Å². The maximum atomic E-state index is 12.3. The van der Waals surface area contributed by atoms with E-state index in [2.05, 4.69) is 11.6 Å². The lowest BCUT2D eigenvalue weighted by Gasteiger charge is -2.17. The van der Waals surface area contributed by atoms with Crippen molar-refractivity contribution in [2.45, 2.75) is 32.4 Å². The maximum Gasteiger partial charge on any atom is 0.248 e. The van der Waals surface area contributed by atoms with Crippen LogP contribution in [0.5, 0.6) is 0 Å². The summed E-state index contributed by atoms with van der Waals surface area (Å²) >= 11 is 0. The molecule has 0 radical (unpaired) electrons. The fraction of sp³-hybridized carbons (Fsp3) is 0.588. The molecule has 2 rings (SSSR count). The quantitative estimate of drug-likeness (QED) is 0.765. The Bertz CT molecular complexity index is 633. The van der Waals surface area contributed by atoms with Crippen molar-refractivity contribution in [1.29, 1.82) is 0 Å². The molecule has 1 aliphatic heterocycles. The highest BCUT2D eigenvalue weighted by molar-refractivity contribution is 7.88. The van der Waals surface area contributed by atoms with E-state index in [1.807, 2.05) is 30.3 Å². The zero-order chi connectivity index (χ0) is 17.6. The predicted octanol–water partition coefficient (Wildman–Crippen LogP) is 1.38. The van der Waals surface area contributed by atoms with Gasteiger partial charge in [0.25, 0.3) is 0 Å². The second-order valence-corrected chi connectivity index (χ2v) is 8.10. The number of carbonyl (C=O) groups excluding carboxylic acids is 1. The van der Waals surface area contributed by atoms with E-state index in [0.717, 1.165) is 24.7 Å². The molecule has 6 nitrogen and oxygen atoms in total. The minimum atomic E-state index is -3.28. The monoisotopic (exact) mass is 354 g/mol. The van der Waals surface area contributed by atoms with Crippen LogP contribution in [0.3, 0.4) is 0 Å². The normalized spacial score (nSPS) is 21.2. The Balaban J connectivity index is 1.85. The molecule has 1 aliphatic rings. The zero-order valence-corrected chi connectivity index (χ0v) is 15.1. The molecule has 1 heterocycles. The Labute approximate surface area is 144 Å². The highest BCUT2D eigenvalue weighted by Gasteiger charge is 2.35. The Morgan fingerprint density at radius 3 is 2.62 bits per heavy atom. The molecule has 0 unspecified atom stereocenters. The molecule has 0 aromatic heterocycles. The van der Waals surface area contributed by atoms with Gasteiger partial charge in [0.15, 0.2) is 0 Å². The number of amides is 1. The number of carbonyl (C=O) groups is 1. The van der Waals surface area contributed by atoms with Gasteiger partial charge in [-0.1, -0.05) is 43.7 Å². The number of ether oxygens (including phenoxy) is 1. The molecule has 0 spiro atoms. The first-order chi connectivity index (χ1) is 11.4. The number of rotatable bonds is 8. The average Bonchev–Trinajstić information content (AvgIpc) is 2.90. The van der Waals surface area contributed by atoms with E-state index >= 15 is 0 Å². The largest absolute Gasteiger partial charge is 0.367 e. The van der Waals surface area contributed by atoms with Crippen molar-refractivity contribution in [3.63, 3.8) is 0 Å². The van der Waals surface area contributed by atoms with Crippen LogP contribution in [0.2, 0.25) is 0 Å². The number of hydrogen-bond acceptors (Lipinski definition) is 4. The summed E-state index contributed by atoms with van der Waals surface area (Å²) in [7, 11) is -3.28. The number of nitrogens with zero attached hydrogens (tertiary/aromatic N) is 1. The number of sulfonamides is 1. The van der Waals surface area contributed by atoms with Crippen LogP contribution in [-0.2, 0) is 26.2 Å². The summed E-state index contributed by atoms with van der Waals surface area (Å²) < 4.78 is 31.2. The molecule has 24 heavy (non-hydrogen) atoms. The number of likely N-dealkylation sites (tertiary alicyclic amines) is 1. The van der Waals surface area contributed by atoms with Gasteiger partial charge < -0.3 is 9.64 Å². The van der Waals surface area contributed by atoms with Crippen LogP contribution in [0.4, 0.5) is 0 Å². The van der Waals surface area contributed by atoms with Gasteiger partial charge in [-0.3, -0.25) is 4.79 Å². The summed E-state index contributed by atoms with van der Waals surface area (Å²) in [6.07, 6.45) is 3.00. The first-order valence-electron chi connectivity index (χ1n) is 8.25. The van der Waals surface area contributed by atoms with Crippen LogP contribution < -0.4 is 4.72 Å². The highest BCUT2D eigenvalue weighted by Crippen LogP contribution is 2.22. The van der Waals surface area contributed by atoms with E-state index in [1.54, 1.807) is 4.90 Å². The van der Waals surface area contributed by atoms with E-state index in [-0.39, 0.29) is 24.5 Å². The standard InChI is InChI=1S/C17H26N2O4S/c1-3-7-15-10-19(11-16(15)18-24(2,21)22)17(20)13-23-12-14-8-5-4-6-9-14/h4-6,8-9,15-16,18H,3,7,10-13H2,1-2H3/t15-,16-/m0/s1. The summed E-state index contributed by atoms with van der Waals surface area (Å²) in [4.78, 5) is 14.0. The Hall–Kier alpha value is -1.44. The van der Waals surface area contributed by atoms with Gasteiger partial charge in [-0.2, -0.15) is 0 Å². The average molecular weight is 354 g/mol. The van der Waals surface area contributed by atoms with Crippen LogP contribution in [0.25, 0.3) is 0 Å². The fourth-order valence-corrected chi connectivity index (χ4v) is 3.89. The van der Waals surface area contributed by atoms with Gasteiger partial charge in [-0.15, -0.1) is 0 Å². The predicted molar refractivity (Wildman–Crippen MR) is 92.8 cm³/mol. The number of benzene rings is 1. The van der Waals surface area contributed by atoms with Crippen LogP contribution in [0.1, 0.15) is 25.3 Å². The lowest BCUT2D eigenvalue weighted by Crippen LogP contribution is -2.40. The van der Waals surface area contributed by atoms with Crippen LogP contribution in [-0.4, -0.2) is 51.2 Å². The lowest BCUT2D eigenvalue weighted by atomic mass is 9.99. The highest BCUT2D eigenvalue weighted by atomic mass is 32.2. The molecule has 7 heteroatoms. The molecule has 1 aromatic carbocycles. The van der Waals surface area contributed by atoms with Crippen molar-refractivity contribution in [2.24, 2.45) is 5.92 Å². The van der Waals surface area contributed by atoms with Crippen molar-refractivity contribution in [1.82, 2.24) is 9.62 Å². The Kier molecular flexibility index (Phi) is 6.77. The molecule has 1 aromatic rings. The van der Waals surface area contributed by atoms with Crippen LogP contribution >= 0.6 is 0 Å².